The minimum Gasteiger partial charge on any atom is -0.378 e. The van der Waals surface area contributed by atoms with Crippen molar-refractivity contribution in [3.8, 4) is 11.8 Å². The molecule has 0 saturated heterocycles. The largest absolute Gasteiger partial charge is 0.378 e. The van der Waals surface area contributed by atoms with Crippen molar-refractivity contribution in [2.45, 2.75) is 153 Å². The van der Waals surface area contributed by atoms with Crippen LogP contribution >= 0.6 is 0 Å². The highest BCUT2D eigenvalue weighted by Crippen LogP contribution is 2.45. The summed E-state index contributed by atoms with van der Waals surface area (Å²) in [6.45, 7) is 4.63. The van der Waals surface area contributed by atoms with Gasteiger partial charge in [0.2, 0.25) is 0 Å². The molecule has 0 heterocycles. The van der Waals surface area contributed by atoms with E-state index in [2.05, 4.69) is 25.7 Å². The zero-order valence-electron chi connectivity index (χ0n) is 22.5. The Morgan fingerprint density at radius 2 is 0.794 bits per heavy atom. The summed E-state index contributed by atoms with van der Waals surface area (Å²) in [5.41, 5.74) is -1.72. The summed E-state index contributed by atoms with van der Waals surface area (Å²) in [6, 6.07) is 0. The summed E-state index contributed by atoms with van der Waals surface area (Å²) in [5.74, 6) is 11.7. The van der Waals surface area contributed by atoms with Crippen molar-refractivity contribution in [3.05, 3.63) is 0 Å². The van der Waals surface area contributed by atoms with Crippen LogP contribution in [-0.4, -0.2) is 21.4 Å². The topological polar surface area (TPSA) is 40.5 Å². The van der Waals surface area contributed by atoms with Crippen LogP contribution in [0.15, 0.2) is 0 Å². The highest BCUT2D eigenvalue weighted by atomic mass is 16.3. The average molecular weight is 471 g/mol. The minimum absolute atomic E-state index is 0.788. The van der Waals surface area contributed by atoms with E-state index in [0.717, 1.165) is 86.9 Å². The van der Waals surface area contributed by atoms with Crippen LogP contribution in [0.1, 0.15) is 142 Å². The first-order valence-electron chi connectivity index (χ1n) is 15.4. The van der Waals surface area contributed by atoms with Crippen molar-refractivity contribution in [3.63, 3.8) is 0 Å². The molecule has 0 bridgehead atoms. The van der Waals surface area contributed by atoms with Crippen LogP contribution in [-0.2, 0) is 0 Å². The van der Waals surface area contributed by atoms with E-state index >= 15 is 0 Å². The lowest BCUT2D eigenvalue weighted by Gasteiger charge is -2.40. The van der Waals surface area contributed by atoms with Crippen LogP contribution < -0.4 is 0 Å². The number of aliphatic hydroxyl groups is 2. The SMILES string of the molecule is CCCC1CCC(C2CCC(O)(C#CC3(O)CCC(C4CCC(CCC)CC4)CC3)CC2)CC1. The Labute approximate surface area is 211 Å². The predicted molar refractivity (Wildman–Crippen MR) is 142 cm³/mol. The van der Waals surface area contributed by atoms with Crippen LogP contribution in [0.4, 0.5) is 0 Å². The number of hydrogen-bond acceptors (Lipinski definition) is 2. The Morgan fingerprint density at radius 1 is 0.500 bits per heavy atom. The molecule has 4 fully saturated rings. The lowest BCUT2D eigenvalue weighted by Crippen LogP contribution is -2.38. The minimum atomic E-state index is -0.861. The van der Waals surface area contributed by atoms with Gasteiger partial charge in [-0.25, -0.2) is 0 Å². The molecule has 2 heteroatoms. The van der Waals surface area contributed by atoms with Crippen molar-refractivity contribution in [1.82, 2.24) is 0 Å². The Hall–Kier alpha value is -0.520. The average Bonchev–Trinajstić information content (AvgIpc) is 2.86. The predicted octanol–water partition coefficient (Wildman–Crippen LogP) is 8.05. The Balaban J connectivity index is 1.20. The third-order valence-corrected chi connectivity index (χ3v) is 10.8. The molecular weight excluding hydrogens is 416 g/mol. The number of hydrogen-bond donors (Lipinski definition) is 2. The van der Waals surface area contributed by atoms with Crippen molar-refractivity contribution in [2.75, 3.05) is 0 Å². The van der Waals surface area contributed by atoms with E-state index in [0.29, 0.717) is 0 Å². The normalized spacial score (nSPS) is 43.6. The maximum atomic E-state index is 11.2. The molecule has 34 heavy (non-hydrogen) atoms. The van der Waals surface area contributed by atoms with Gasteiger partial charge in [0, 0.05) is 0 Å². The Bertz CT molecular complexity index is 599. The maximum Gasteiger partial charge on any atom is 0.125 e. The molecule has 4 aliphatic carbocycles. The van der Waals surface area contributed by atoms with Crippen LogP contribution in [0.25, 0.3) is 0 Å². The molecule has 0 radical (unpaired) electrons. The van der Waals surface area contributed by atoms with Crippen LogP contribution in [0.5, 0.6) is 0 Å². The van der Waals surface area contributed by atoms with Crippen LogP contribution in [0, 0.1) is 47.3 Å². The monoisotopic (exact) mass is 470 g/mol. The molecule has 0 spiro atoms. The summed E-state index contributed by atoms with van der Waals surface area (Å²) in [7, 11) is 0. The van der Waals surface area contributed by atoms with Gasteiger partial charge in [-0.15, -0.1) is 0 Å². The fraction of sp³-hybridized carbons (Fsp3) is 0.938. The van der Waals surface area contributed by atoms with Gasteiger partial charge >= 0.3 is 0 Å². The van der Waals surface area contributed by atoms with Gasteiger partial charge in [0.1, 0.15) is 11.2 Å². The Morgan fingerprint density at radius 3 is 1.09 bits per heavy atom. The standard InChI is InChI=1S/C32H54O2/c1-3-5-25-7-11-27(12-8-25)29-15-19-31(33,20-16-29)23-24-32(34)21-17-30(18-22-32)28-13-9-26(6-4-2)10-14-28/h25-30,33-34H,3-22H2,1-2H3. The van der Waals surface area contributed by atoms with Crippen molar-refractivity contribution < 1.29 is 10.2 Å². The summed E-state index contributed by atoms with van der Waals surface area (Å²) in [5, 5.41) is 22.4. The second kappa shape index (κ2) is 12.1. The lowest BCUT2D eigenvalue weighted by molar-refractivity contribution is 0.0167. The second-order valence-corrected chi connectivity index (χ2v) is 13.1. The van der Waals surface area contributed by atoms with E-state index in [9.17, 15) is 10.2 Å². The van der Waals surface area contributed by atoms with E-state index < -0.39 is 11.2 Å². The molecule has 0 amide bonds. The summed E-state index contributed by atoms with van der Waals surface area (Å²) in [4.78, 5) is 0. The molecule has 2 N–H and O–H groups in total. The number of rotatable bonds is 6. The third kappa shape index (κ3) is 7.03. The van der Waals surface area contributed by atoms with Crippen molar-refractivity contribution in [1.29, 1.82) is 0 Å². The third-order valence-electron chi connectivity index (χ3n) is 10.8. The first-order valence-corrected chi connectivity index (χ1v) is 15.4. The fourth-order valence-corrected chi connectivity index (χ4v) is 8.37. The molecule has 0 unspecified atom stereocenters. The molecule has 4 aliphatic rings. The van der Waals surface area contributed by atoms with E-state index in [1.807, 2.05) is 0 Å². The molecule has 194 valence electrons. The highest BCUT2D eigenvalue weighted by Gasteiger charge is 2.39. The summed E-state index contributed by atoms with van der Waals surface area (Å²) in [6.07, 6.45) is 24.5. The molecule has 0 aliphatic heterocycles. The maximum absolute atomic E-state index is 11.2. The van der Waals surface area contributed by atoms with Crippen LogP contribution in [0.2, 0.25) is 0 Å². The molecule has 0 aromatic rings. The summed E-state index contributed by atoms with van der Waals surface area (Å²) >= 11 is 0. The van der Waals surface area contributed by atoms with E-state index in [1.54, 1.807) is 0 Å². The molecule has 0 aromatic heterocycles. The van der Waals surface area contributed by atoms with Gasteiger partial charge < -0.3 is 10.2 Å². The van der Waals surface area contributed by atoms with Crippen LogP contribution in [0.3, 0.4) is 0 Å². The first-order chi connectivity index (χ1) is 16.4. The quantitative estimate of drug-likeness (QED) is 0.386. The second-order valence-electron chi connectivity index (χ2n) is 13.1. The fourth-order valence-electron chi connectivity index (χ4n) is 8.37. The van der Waals surface area contributed by atoms with Gasteiger partial charge in [0.15, 0.2) is 0 Å². The van der Waals surface area contributed by atoms with Gasteiger partial charge in [-0.1, -0.05) is 77.1 Å². The smallest absolute Gasteiger partial charge is 0.125 e. The molecule has 0 aromatic carbocycles. The molecular formula is C32H54O2. The molecule has 4 rings (SSSR count). The zero-order valence-corrected chi connectivity index (χ0v) is 22.5. The van der Waals surface area contributed by atoms with Gasteiger partial charge in [0.25, 0.3) is 0 Å². The van der Waals surface area contributed by atoms with Gasteiger partial charge in [-0.05, 0) is 113 Å². The van der Waals surface area contributed by atoms with Gasteiger partial charge in [-0.2, -0.15) is 0 Å². The summed E-state index contributed by atoms with van der Waals surface area (Å²) < 4.78 is 0. The van der Waals surface area contributed by atoms with Crippen molar-refractivity contribution in [2.24, 2.45) is 35.5 Å². The lowest BCUT2D eigenvalue weighted by atomic mass is 9.67. The van der Waals surface area contributed by atoms with E-state index in [4.69, 9.17) is 0 Å². The highest BCUT2D eigenvalue weighted by molar-refractivity contribution is 5.22. The van der Waals surface area contributed by atoms with E-state index in [1.165, 1.54) is 77.0 Å². The van der Waals surface area contributed by atoms with E-state index in [-0.39, 0.29) is 0 Å². The molecule has 4 saturated carbocycles. The zero-order chi connectivity index (χ0) is 24.0. The molecule has 0 atom stereocenters. The van der Waals surface area contributed by atoms with Gasteiger partial charge in [0.05, 0.1) is 0 Å². The first kappa shape index (κ1) is 26.5. The van der Waals surface area contributed by atoms with Crippen molar-refractivity contribution >= 4 is 0 Å². The Kier molecular flexibility index (Phi) is 9.48. The molecule has 2 nitrogen and oxygen atoms in total. The van der Waals surface area contributed by atoms with Gasteiger partial charge in [-0.3, -0.25) is 0 Å².